The van der Waals surface area contributed by atoms with E-state index >= 15 is 0 Å². The number of halogens is 2. The van der Waals surface area contributed by atoms with Crippen LogP contribution in [0.5, 0.6) is 0 Å². The summed E-state index contributed by atoms with van der Waals surface area (Å²) in [6.07, 6.45) is 2.10. The van der Waals surface area contributed by atoms with Gasteiger partial charge in [-0.1, -0.05) is 23.7 Å². The van der Waals surface area contributed by atoms with E-state index in [1.807, 2.05) is 12.1 Å². The van der Waals surface area contributed by atoms with E-state index in [2.05, 4.69) is 27.0 Å². The minimum atomic E-state index is 0.382. The first kappa shape index (κ1) is 11.5. The third-order valence-electron chi connectivity index (χ3n) is 3.09. The first-order chi connectivity index (χ1) is 8.16. The number of hydrogen-bond acceptors (Lipinski definition) is 3. The lowest BCUT2D eigenvalue weighted by Crippen LogP contribution is -1.96. The van der Waals surface area contributed by atoms with E-state index < -0.39 is 0 Å². The monoisotopic (exact) mass is 328 g/mol. The van der Waals surface area contributed by atoms with Gasteiger partial charge in [0.1, 0.15) is 0 Å². The highest BCUT2D eigenvalue weighted by atomic mass is 79.9. The fourth-order valence-corrected chi connectivity index (χ4v) is 4.09. The number of nitrogens with zero attached hydrogens (tertiary/aromatic N) is 1. The van der Waals surface area contributed by atoms with Gasteiger partial charge >= 0.3 is 0 Å². The molecule has 0 radical (unpaired) electrons. The van der Waals surface area contributed by atoms with Crippen LogP contribution in [0.2, 0.25) is 5.02 Å². The quantitative estimate of drug-likeness (QED) is 0.851. The average Bonchev–Trinajstić information content (AvgIpc) is 2.81. The molecule has 2 N–H and O–H groups in total. The lowest BCUT2D eigenvalue weighted by molar-refractivity contribution is 0.787. The molecule has 0 saturated carbocycles. The first-order valence-electron chi connectivity index (χ1n) is 5.36. The summed E-state index contributed by atoms with van der Waals surface area (Å²) < 4.78 is 0.992. The molecule has 0 saturated heterocycles. The molecular formula is C12H10BrClN2S. The van der Waals surface area contributed by atoms with Crippen LogP contribution < -0.4 is 5.73 Å². The molecule has 1 aliphatic rings. The number of aromatic nitrogens is 1. The van der Waals surface area contributed by atoms with Crippen LogP contribution in [0.1, 0.15) is 28.5 Å². The Balaban J connectivity index is 2.09. The largest absolute Gasteiger partial charge is 0.375 e. The van der Waals surface area contributed by atoms with Gasteiger partial charge in [0.25, 0.3) is 0 Å². The fraction of sp³-hybridized carbons (Fsp3) is 0.250. The topological polar surface area (TPSA) is 38.9 Å². The van der Waals surface area contributed by atoms with Crippen LogP contribution in [0.3, 0.4) is 0 Å². The third kappa shape index (κ3) is 1.88. The Morgan fingerprint density at radius 3 is 3.12 bits per heavy atom. The molecule has 1 aromatic carbocycles. The lowest BCUT2D eigenvalue weighted by atomic mass is 9.98. The van der Waals surface area contributed by atoms with Gasteiger partial charge in [0.05, 0.1) is 10.7 Å². The molecule has 3 rings (SSSR count). The predicted octanol–water partition coefficient (Wildman–Crippen LogP) is 4.22. The smallest absolute Gasteiger partial charge is 0.180 e. The maximum absolute atomic E-state index is 6.14. The van der Waals surface area contributed by atoms with Gasteiger partial charge < -0.3 is 5.73 Å². The summed E-state index contributed by atoms with van der Waals surface area (Å²) >= 11 is 11.3. The Labute approximate surface area is 117 Å². The molecule has 88 valence electrons. The molecule has 0 aliphatic heterocycles. The van der Waals surface area contributed by atoms with Crippen molar-refractivity contribution in [3.8, 4) is 0 Å². The molecule has 1 aliphatic carbocycles. The maximum atomic E-state index is 6.14. The van der Waals surface area contributed by atoms with Crippen molar-refractivity contribution < 1.29 is 0 Å². The van der Waals surface area contributed by atoms with Gasteiger partial charge in [-0.15, -0.1) is 11.3 Å². The van der Waals surface area contributed by atoms with Crippen molar-refractivity contribution in [2.45, 2.75) is 18.8 Å². The minimum absolute atomic E-state index is 0.382. The molecule has 0 fully saturated rings. The van der Waals surface area contributed by atoms with Crippen LogP contribution in [0, 0.1) is 0 Å². The van der Waals surface area contributed by atoms with Crippen LogP contribution in [0.25, 0.3) is 0 Å². The van der Waals surface area contributed by atoms with Crippen LogP contribution in [-0.4, -0.2) is 4.98 Å². The standard InChI is InChI=1S/C12H10BrClN2S/c13-10-6(2-1-3-8(10)14)7-4-5-9-11(7)17-12(15)16-9/h1-3,7H,4-5H2,(H2,15,16). The molecule has 1 atom stereocenters. The van der Waals surface area contributed by atoms with E-state index in [1.165, 1.54) is 10.4 Å². The normalized spacial score (nSPS) is 18.4. The molecule has 17 heavy (non-hydrogen) atoms. The van der Waals surface area contributed by atoms with Crippen molar-refractivity contribution in [3.05, 3.63) is 43.8 Å². The number of nitrogens with two attached hydrogens (primary N) is 1. The van der Waals surface area contributed by atoms with Crippen LogP contribution in [0.15, 0.2) is 22.7 Å². The van der Waals surface area contributed by atoms with Crippen molar-refractivity contribution in [3.63, 3.8) is 0 Å². The van der Waals surface area contributed by atoms with E-state index in [9.17, 15) is 0 Å². The molecule has 1 unspecified atom stereocenters. The van der Waals surface area contributed by atoms with Crippen molar-refractivity contribution >= 4 is 44.0 Å². The molecule has 5 heteroatoms. The Bertz CT molecular complexity index is 582. The Kier molecular flexibility index (Phi) is 2.89. The summed E-state index contributed by atoms with van der Waals surface area (Å²) in [5, 5.41) is 1.42. The number of anilines is 1. The zero-order valence-electron chi connectivity index (χ0n) is 8.91. The van der Waals surface area contributed by atoms with Crippen LogP contribution >= 0.6 is 38.9 Å². The number of rotatable bonds is 1. The second-order valence-corrected chi connectivity index (χ2v) is 6.36. The lowest BCUT2D eigenvalue weighted by Gasteiger charge is -2.12. The summed E-state index contributed by atoms with van der Waals surface area (Å²) in [5.41, 5.74) is 8.16. The highest BCUT2D eigenvalue weighted by Gasteiger charge is 2.29. The van der Waals surface area contributed by atoms with E-state index in [1.54, 1.807) is 11.3 Å². The number of fused-ring (bicyclic) bond motifs is 1. The first-order valence-corrected chi connectivity index (χ1v) is 7.34. The highest BCUT2D eigenvalue weighted by Crippen LogP contribution is 2.45. The van der Waals surface area contributed by atoms with Crippen LogP contribution in [0.4, 0.5) is 5.13 Å². The molecule has 1 aromatic heterocycles. The van der Waals surface area contributed by atoms with Gasteiger partial charge in [-0.05, 0) is 40.4 Å². The van der Waals surface area contributed by atoms with Gasteiger partial charge in [0.15, 0.2) is 5.13 Å². The van der Waals surface area contributed by atoms with Gasteiger partial charge in [-0.2, -0.15) is 0 Å². The highest BCUT2D eigenvalue weighted by molar-refractivity contribution is 9.10. The molecule has 2 nitrogen and oxygen atoms in total. The maximum Gasteiger partial charge on any atom is 0.180 e. The van der Waals surface area contributed by atoms with E-state index in [0.717, 1.165) is 28.0 Å². The van der Waals surface area contributed by atoms with Gasteiger partial charge in [-0.3, -0.25) is 0 Å². The SMILES string of the molecule is Nc1nc2c(s1)C(c1cccc(Cl)c1Br)CC2. The summed E-state index contributed by atoms with van der Waals surface area (Å²) in [7, 11) is 0. The molecular weight excluding hydrogens is 320 g/mol. The summed E-state index contributed by atoms with van der Waals surface area (Å²) in [6.45, 7) is 0. The number of nitrogen functional groups attached to an aromatic ring is 1. The van der Waals surface area contributed by atoms with Crippen LogP contribution in [-0.2, 0) is 6.42 Å². The van der Waals surface area contributed by atoms with Crippen molar-refractivity contribution in [1.29, 1.82) is 0 Å². The number of thiazole rings is 1. The Morgan fingerprint density at radius 1 is 1.47 bits per heavy atom. The summed E-state index contributed by atoms with van der Waals surface area (Å²) in [6, 6.07) is 6.00. The van der Waals surface area contributed by atoms with Crippen molar-refractivity contribution in [1.82, 2.24) is 4.98 Å². The van der Waals surface area contributed by atoms with Gasteiger partial charge in [0, 0.05) is 15.3 Å². The fourth-order valence-electron chi connectivity index (χ4n) is 2.33. The zero-order valence-corrected chi connectivity index (χ0v) is 12.1. The van der Waals surface area contributed by atoms with E-state index in [-0.39, 0.29) is 0 Å². The minimum Gasteiger partial charge on any atom is -0.375 e. The Morgan fingerprint density at radius 2 is 2.29 bits per heavy atom. The van der Waals surface area contributed by atoms with Crippen molar-refractivity contribution in [2.75, 3.05) is 5.73 Å². The van der Waals surface area contributed by atoms with Gasteiger partial charge in [-0.25, -0.2) is 4.98 Å². The summed E-state index contributed by atoms with van der Waals surface area (Å²) in [5.74, 6) is 0.382. The van der Waals surface area contributed by atoms with E-state index in [4.69, 9.17) is 17.3 Å². The molecule has 0 bridgehead atoms. The number of benzene rings is 1. The zero-order chi connectivity index (χ0) is 12.0. The molecule has 1 heterocycles. The van der Waals surface area contributed by atoms with Crippen molar-refractivity contribution in [2.24, 2.45) is 0 Å². The Hall–Kier alpha value is -0.580. The molecule has 2 aromatic rings. The molecule has 0 spiro atoms. The second kappa shape index (κ2) is 4.26. The molecule has 0 amide bonds. The second-order valence-electron chi connectivity index (χ2n) is 4.10. The predicted molar refractivity (Wildman–Crippen MR) is 75.8 cm³/mol. The average molecular weight is 330 g/mol. The van der Waals surface area contributed by atoms with Gasteiger partial charge in [0.2, 0.25) is 0 Å². The summed E-state index contributed by atoms with van der Waals surface area (Å²) in [4.78, 5) is 5.66. The third-order valence-corrected chi connectivity index (χ3v) is 5.56. The number of aryl methyl sites for hydroxylation is 1. The number of hydrogen-bond donors (Lipinski definition) is 1. The van der Waals surface area contributed by atoms with E-state index in [0.29, 0.717) is 11.0 Å².